The van der Waals surface area contributed by atoms with Gasteiger partial charge in [0, 0.05) is 19.6 Å². The smallest absolute Gasteiger partial charge is 0.422 e. The van der Waals surface area contributed by atoms with E-state index in [0.29, 0.717) is 18.9 Å². The van der Waals surface area contributed by atoms with Gasteiger partial charge in [-0.3, -0.25) is 4.99 Å². The number of ether oxygens (including phenoxy) is 2. The first-order valence-corrected chi connectivity index (χ1v) is 9.98. The fourth-order valence-electron chi connectivity index (χ4n) is 2.58. The Hall–Kier alpha value is -1.44. The van der Waals surface area contributed by atoms with Crippen LogP contribution in [-0.4, -0.2) is 58.9 Å². The molecule has 1 aromatic rings. The molecule has 0 saturated carbocycles. The van der Waals surface area contributed by atoms with Gasteiger partial charge in [0.2, 0.25) is 0 Å². The van der Waals surface area contributed by atoms with Crippen LogP contribution in [0.15, 0.2) is 23.2 Å². The molecule has 1 aliphatic rings. The van der Waals surface area contributed by atoms with E-state index in [9.17, 15) is 21.6 Å². The van der Waals surface area contributed by atoms with Crippen LogP contribution in [0.3, 0.4) is 0 Å². The van der Waals surface area contributed by atoms with Crippen molar-refractivity contribution in [3.8, 4) is 11.5 Å². The number of sulfone groups is 1. The van der Waals surface area contributed by atoms with Crippen LogP contribution in [0, 0.1) is 0 Å². The summed E-state index contributed by atoms with van der Waals surface area (Å²) in [5, 5.41) is 6.08. The molecule has 1 aliphatic heterocycles. The number of aliphatic imine (C=N–C) groups is 1. The lowest BCUT2D eigenvalue weighted by atomic mass is 10.2. The summed E-state index contributed by atoms with van der Waals surface area (Å²) in [5.74, 6) is 0.833. The molecule has 2 N–H and O–H groups in total. The first-order chi connectivity index (χ1) is 12.6. The Balaban J connectivity index is 0.00000392. The average molecular weight is 537 g/mol. The van der Waals surface area contributed by atoms with Gasteiger partial charge in [-0.25, -0.2) is 8.42 Å². The average Bonchev–Trinajstić information content (AvgIpc) is 2.94. The van der Waals surface area contributed by atoms with E-state index < -0.39 is 22.6 Å². The van der Waals surface area contributed by atoms with Crippen LogP contribution >= 0.6 is 24.0 Å². The minimum absolute atomic E-state index is 0. The van der Waals surface area contributed by atoms with Crippen LogP contribution in [0.5, 0.6) is 11.5 Å². The third-order valence-electron chi connectivity index (χ3n) is 3.88. The Bertz CT molecular complexity index is 788. The molecule has 0 amide bonds. The highest BCUT2D eigenvalue weighted by Gasteiger charge is 2.29. The molecule has 0 radical (unpaired) electrons. The number of methoxy groups -OCH3 is 1. The van der Waals surface area contributed by atoms with Crippen LogP contribution in [0.25, 0.3) is 0 Å². The molecule has 28 heavy (non-hydrogen) atoms. The lowest BCUT2D eigenvalue weighted by molar-refractivity contribution is -0.153. The van der Waals surface area contributed by atoms with Crippen molar-refractivity contribution in [2.24, 2.45) is 4.99 Å². The molecule has 0 spiro atoms. The number of nitrogens with zero attached hydrogens (tertiary/aromatic N) is 1. The molecule has 1 saturated heterocycles. The van der Waals surface area contributed by atoms with E-state index in [1.165, 1.54) is 13.2 Å². The molecule has 12 heteroatoms. The van der Waals surface area contributed by atoms with Crippen molar-refractivity contribution < 1.29 is 31.1 Å². The number of hydrogen-bond acceptors (Lipinski definition) is 5. The standard InChI is InChI=1S/C16H22F3N3O4S.HI/c1-20-15(22-12-5-6-27(23,24)9-12)21-8-11-3-4-13(14(7-11)25-2)26-10-16(17,18)19;/h3-4,7,12H,5-6,8-10H2,1-2H3,(H2,20,21,22);1H. The number of halogens is 4. The van der Waals surface area contributed by atoms with Gasteiger partial charge in [0.05, 0.1) is 18.6 Å². The quantitative estimate of drug-likeness (QED) is 0.329. The number of rotatable bonds is 6. The summed E-state index contributed by atoms with van der Waals surface area (Å²) in [7, 11) is -0.0978. The number of benzene rings is 1. The van der Waals surface area contributed by atoms with Crippen molar-refractivity contribution in [2.75, 3.05) is 32.3 Å². The predicted molar refractivity (Wildman–Crippen MR) is 110 cm³/mol. The fraction of sp³-hybridized carbons (Fsp3) is 0.562. The Morgan fingerprint density at radius 2 is 2.04 bits per heavy atom. The van der Waals surface area contributed by atoms with Gasteiger partial charge in [-0.15, -0.1) is 24.0 Å². The minimum atomic E-state index is -4.43. The summed E-state index contributed by atoms with van der Waals surface area (Å²) in [6, 6.07) is 4.37. The van der Waals surface area contributed by atoms with E-state index in [0.717, 1.165) is 5.56 Å². The van der Waals surface area contributed by atoms with E-state index in [2.05, 4.69) is 15.6 Å². The SMILES string of the molecule is CN=C(NCc1ccc(OCC(F)(F)F)c(OC)c1)NC1CCS(=O)(=O)C1.I. The van der Waals surface area contributed by atoms with Crippen molar-refractivity contribution in [3.05, 3.63) is 23.8 Å². The zero-order valence-corrected chi connectivity index (χ0v) is 18.5. The molecule has 160 valence electrons. The van der Waals surface area contributed by atoms with Crippen LogP contribution in [-0.2, 0) is 16.4 Å². The molecule has 0 bridgehead atoms. The molecule has 0 aliphatic carbocycles. The second kappa shape index (κ2) is 10.4. The van der Waals surface area contributed by atoms with Gasteiger partial charge in [0.15, 0.2) is 33.9 Å². The lowest BCUT2D eigenvalue weighted by Crippen LogP contribution is -2.43. The molecule has 7 nitrogen and oxygen atoms in total. The molecule has 1 heterocycles. The van der Waals surface area contributed by atoms with E-state index in [1.807, 2.05) is 0 Å². The maximum absolute atomic E-state index is 12.3. The van der Waals surface area contributed by atoms with Gasteiger partial charge in [-0.1, -0.05) is 6.07 Å². The Labute approximate surface area is 179 Å². The Morgan fingerprint density at radius 3 is 2.57 bits per heavy atom. The maximum Gasteiger partial charge on any atom is 0.422 e. The number of guanidine groups is 1. The predicted octanol–water partition coefficient (Wildman–Crippen LogP) is 2.11. The van der Waals surface area contributed by atoms with E-state index in [1.54, 1.807) is 19.2 Å². The highest BCUT2D eigenvalue weighted by molar-refractivity contribution is 14.0. The summed E-state index contributed by atoms with van der Waals surface area (Å²) >= 11 is 0. The summed E-state index contributed by atoms with van der Waals surface area (Å²) in [4.78, 5) is 4.05. The van der Waals surface area contributed by atoms with Gasteiger partial charge < -0.3 is 20.1 Å². The second-order valence-electron chi connectivity index (χ2n) is 6.06. The van der Waals surface area contributed by atoms with Crippen LogP contribution in [0.4, 0.5) is 13.2 Å². The van der Waals surface area contributed by atoms with Crippen molar-refractivity contribution in [1.82, 2.24) is 10.6 Å². The van der Waals surface area contributed by atoms with Crippen molar-refractivity contribution in [3.63, 3.8) is 0 Å². The number of hydrogen-bond donors (Lipinski definition) is 2. The highest BCUT2D eigenvalue weighted by atomic mass is 127. The first-order valence-electron chi connectivity index (χ1n) is 8.16. The highest BCUT2D eigenvalue weighted by Crippen LogP contribution is 2.29. The number of nitrogens with one attached hydrogen (secondary N) is 2. The van der Waals surface area contributed by atoms with Gasteiger partial charge >= 0.3 is 6.18 Å². The molecule has 1 aromatic carbocycles. The maximum atomic E-state index is 12.3. The summed E-state index contributed by atoms with van der Waals surface area (Å²) in [6.07, 6.45) is -3.92. The zero-order valence-electron chi connectivity index (χ0n) is 15.4. The second-order valence-corrected chi connectivity index (χ2v) is 8.29. The minimum Gasteiger partial charge on any atom is -0.493 e. The molecular formula is C16H23F3IN3O4S. The van der Waals surface area contributed by atoms with E-state index in [-0.39, 0.29) is 53.0 Å². The van der Waals surface area contributed by atoms with Gasteiger partial charge in [0.1, 0.15) is 0 Å². The summed E-state index contributed by atoms with van der Waals surface area (Å²) in [5.41, 5.74) is 0.730. The molecule has 1 unspecified atom stereocenters. The largest absolute Gasteiger partial charge is 0.493 e. The first kappa shape index (κ1) is 24.6. The molecule has 0 aromatic heterocycles. The normalized spacial score (nSPS) is 18.9. The molecule has 2 rings (SSSR count). The third-order valence-corrected chi connectivity index (χ3v) is 5.64. The van der Waals surface area contributed by atoms with Crippen molar-refractivity contribution in [2.45, 2.75) is 25.2 Å². The Kier molecular flexibility index (Phi) is 9.11. The van der Waals surface area contributed by atoms with Gasteiger partial charge in [0.25, 0.3) is 0 Å². The summed E-state index contributed by atoms with van der Waals surface area (Å²) < 4.78 is 69.7. The lowest BCUT2D eigenvalue weighted by Gasteiger charge is -2.17. The van der Waals surface area contributed by atoms with Crippen LogP contribution < -0.4 is 20.1 Å². The van der Waals surface area contributed by atoms with E-state index in [4.69, 9.17) is 9.47 Å². The topological polar surface area (TPSA) is 89.0 Å². The fourth-order valence-corrected chi connectivity index (χ4v) is 4.26. The van der Waals surface area contributed by atoms with Crippen molar-refractivity contribution >= 4 is 39.8 Å². The third kappa shape index (κ3) is 7.89. The van der Waals surface area contributed by atoms with Crippen LogP contribution in [0.2, 0.25) is 0 Å². The zero-order chi connectivity index (χ0) is 20.1. The van der Waals surface area contributed by atoms with Crippen LogP contribution in [0.1, 0.15) is 12.0 Å². The van der Waals surface area contributed by atoms with Crippen molar-refractivity contribution in [1.29, 1.82) is 0 Å². The summed E-state index contributed by atoms with van der Waals surface area (Å²) in [6.45, 7) is -1.09. The number of alkyl halides is 3. The monoisotopic (exact) mass is 537 g/mol. The van der Waals surface area contributed by atoms with Gasteiger partial charge in [-0.05, 0) is 24.1 Å². The Morgan fingerprint density at radius 1 is 1.32 bits per heavy atom. The van der Waals surface area contributed by atoms with E-state index >= 15 is 0 Å². The molecule has 1 fully saturated rings. The molecular weight excluding hydrogens is 514 g/mol. The molecule has 1 atom stereocenters. The van der Waals surface area contributed by atoms with Gasteiger partial charge in [-0.2, -0.15) is 13.2 Å².